The van der Waals surface area contributed by atoms with Gasteiger partial charge in [0.25, 0.3) is 0 Å². The predicted molar refractivity (Wildman–Crippen MR) is 130 cm³/mol. The number of thiol groups is 1. The van der Waals surface area contributed by atoms with Crippen LogP contribution in [-0.4, -0.2) is 79.8 Å². The number of aliphatic carboxylic acids is 2. The third-order valence-corrected chi connectivity index (χ3v) is 5.42. The number of carboxylic acid groups (broad SMARTS) is 2. The van der Waals surface area contributed by atoms with E-state index in [2.05, 4.69) is 38.5 Å². The molecule has 36 heavy (non-hydrogen) atoms. The highest BCUT2D eigenvalue weighted by Gasteiger charge is 2.31. The molecular formula is C22H28N6O7S. The average molecular weight is 521 g/mol. The Balaban J connectivity index is 2.19. The van der Waals surface area contributed by atoms with Crippen molar-refractivity contribution in [1.82, 2.24) is 25.9 Å². The first kappa shape index (κ1) is 28.3. The molecule has 0 radical (unpaired) electrons. The summed E-state index contributed by atoms with van der Waals surface area (Å²) in [5, 5.41) is 25.3. The van der Waals surface area contributed by atoms with E-state index < -0.39 is 60.2 Å². The molecule has 0 fully saturated rings. The molecule has 0 saturated carbocycles. The van der Waals surface area contributed by atoms with Gasteiger partial charge in [-0.05, 0) is 5.56 Å². The smallest absolute Gasteiger partial charge is 0.327 e. The van der Waals surface area contributed by atoms with Crippen molar-refractivity contribution in [2.24, 2.45) is 5.73 Å². The van der Waals surface area contributed by atoms with Crippen LogP contribution in [-0.2, 0) is 36.8 Å². The van der Waals surface area contributed by atoms with Crippen molar-refractivity contribution >= 4 is 42.3 Å². The van der Waals surface area contributed by atoms with Gasteiger partial charge in [0.15, 0.2) is 0 Å². The van der Waals surface area contributed by atoms with Crippen molar-refractivity contribution in [3.05, 3.63) is 54.1 Å². The fourth-order valence-electron chi connectivity index (χ4n) is 3.18. The van der Waals surface area contributed by atoms with Gasteiger partial charge in [-0.3, -0.25) is 19.2 Å². The van der Waals surface area contributed by atoms with Gasteiger partial charge in [0, 0.05) is 30.5 Å². The molecule has 4 unspecified atom stereocenters. The zero-order valence-electron chi connectivity index (χ0n) is 19.1. The first-order valence-electron chi connectivity index (χ1n) is 10.8. The SMILES string of the molecule is NC(Cc1cnc[nH]1)C(=O)NC(Cc1ccccc1)C(=O)NC(CC(=O)O)C(=O)NC(CS)C(=O)O. The molecule has 2 rings (SSSR count). The first-order valence-corrected chi connectivity index (χ1v) is 11.5. The molecule has 13 nitrogen and oxygen atoms in total. The molecule has 1 aromatic carbocycles. The molecule has 0 spiro atoms. The van der Waals surface area contributed by atoms with E-state index >= 15 is 0 Å². The largest absolute Gasteiger partial charge is 0.481 e. The summed E-state index contributed by atoms with van der Waals surface area (Å²) >= 11 is 3.85. The highest BCUT2D eigenvalue weighted by atomic mass is 32.1. The summed E-state index contributed by atoms with van der Waals surface area (Å²) in [7, 11) is 0. The number of nitrogens with one attached hydrogen (secondary N) is 4. The number of imidazole rings is 1. The number of benzene rings is 1. The summed E-state index contributed by atoms with van der Waals surface area (Å²) in [5.41, 5.74) is 7.26. The van der Waals surface area contributed by atoms with E-state index in [-0.39, 0.29) is 18.6 Å². The minimum atomic E-state index is -1.61. The number of hydrogen-bond acceptors (Lipinski definition) is 8. The third-order valence-electron chi connectivity index (χ3n) is 5.06. The van der Waals surface area contributed by atoms with Gasteiger partial charge in [0.05, 0.1) is 18.8 Å². The Hall–Kier alpha value is -3.91. The van der Waals surface area contributed by atoms with Crippen LogP contribution in [0.2, 0.25) is 0 Å². The Morgan fingerprint density at radius 3 is 2.08 bits per heavy atom. The van der Waals surface area contributed by atoms with E-state index in [4.69, 9.17) is 10.8 Å². The van der Waals surface area contributed by atoms with E-state index in [0.717, 1.165) is 0 Å². The second-order valence-corrected chi connectivity index (χ2v) is 8.24. The van der Waals surface area contributed by atoms with E-state index in [1.54, 1.807) is 30.3 Å². The number of nitrogens with two attached hydrogens (primary N) is 1. The summed E-state index contributed by atoms with van der Waals surface area (Å²) in [6.07, 6.45) is 2.26. The average Bonchev–Trinajstić information content (AvgIpc) is 3.34. The normalized spacial score (nSPS) is 14.1. The zero-order valence-corrected chi connectivity index (χ0v) is 20.0. The zero-order chi connectivity index (χ0) is 26.7. The Bertz CT molecular complexity index is 1050. The van der Waals surface area contributed by atoms with Gasteiger partial charge in [0.1, 0.15) is 18.1 Å². The van der Waals surface area contributed by atoms with Gasteiger partial charge < -0.3 is 36.9 Å². The fraction of sp³-hybridized carbons (Fsp3) is 0.364. The molecule has 0 aliphatic carbocycles. The molecule has 4 atom stereocenters. The maximum absolute atomic E-state index is 13.1. The number of nitrogens with zero attached hydrogens (tertiary/aromatic N) is 1. The molecule has 3 amide bonds. The molecule has 0 bridgehead atoms. The molecule has 8 N–H and O–H groups in total. The third kappa shape index (κ3) is 9.03. The summed E-state index contributed by atoms with van der Waals surface area (Å²) in [6.45, 7) is 0. The minimum Gasteiger partial charge on any atom is -0.481 e. The topological polar surface area (TPSA) is 217 Å². The Labute approximate surface area is 211 Å². The number of H-pyrrole nitrogens is 1. The second-order valence-electron chi connectivity index (χ2n) is 7.88. The van der Waals surface area contributed by atoms with E-state index in [1.807, 2.05) is 0 Å². The summed E-state index contributed by atoms with van der Waals surface area (Å²) in [5.74, 6) is -5.55. The fourth-order valence-corrected chi connectivity index (χ4v) is 3.43. The monoisotopic (exact) mass is 520 g/mol. The van der Waals surface area contributed by atoms with Crippen molar-refractivity contribution in [2.45, 2.75) is 43.4 Å². The van der Waals surface area contributed by atoms with Gasteiger partial charge in [-0.1, -0.05) is 30.3 Å². The van der Waals surface area contributed by atoms with Gasteiger partial charge in [0.2, 0.25) is 17.7 Å². The van der Waals surface area contributed by atoms with E-state index in [1.165, 1.54) is 12.5 Å². The van der Waals surface area contributed by atoms with Crippen molar-refractivity contribution in [1.29, 1.82) is 0 Å². The molecular weight excluding hydrogens is 492 g/mol. The van der Waals surface area contributed by atoms with Gasteiger partial charge in [-0.2, -0.15) is 12.6 Å². The van der Waals surface area contributed by atoms with E-state index in [9.17, 15) is 29.1 Å². The van der Waals surface area contributed by atoms with Crippen molar-refractivity contribution in [2.75, 3.05) is 5.75 Å². The highest BCUT2D eigenvalue weighted by molar-refractivity contribution is 7.80. The quantitative estimate of drug-likeness (QED) is 0.135. The lowest BCUT2D eigenvalue weighted by molar-refractivity contribution is -0.143. The van der Waals surface area contributed by atoms with Crippen molar-refractivity contribution in [3.63, 3.8) is 0 Å². The van der Waals surface area contributed by atoms with Crippen LogP contribution in [0.25, 0.3) is 0 Å². The van der Waals surface area contributed by atoms with Gasteiger partial charge >= 0.3 is 11.9 Å². The first-order chi connectivity index (χ1) is 17.1. The summed E-state index contributed by atoms with van der Waals surface area (Å²) in [4.78, 5) is 67.6. The van der Waals surface area contributed by atoms with Crippen LogP contribution in [0.15, 0.2) is 42.9 Å². The van der Waals surface area contributed by atoms with Crippen LogP contribution in [0.3, 0.4) is 0 Å². The maximum Gasteiger partial charge on any atom is 0.327 e. The van der Waals surface area contributed by atoms with Crippen LogP contribution in [0.4, 0.5) is 0 Å². The molecule has 1 aromatic heterocycles. The van der Waals surface area contributed by atoms with Gasteiger partial charge in [-0.25, -0.2) is 9.78 Å². The molecule has 1 heterocycles. The summed E-state index contributed by atoms with van der Waals surface area (Å²) in [6, 6.07) is 3.45. The van der Waals surface area contributed by atoms with Crippen LogP contribution in [0, 0.1) is 0 Å². The second kappa shape index (κ2) is 13.8. The molecule has 2 aromatic rings. The number of aromatic amines is 1. The van der Waals surface area contributed by atoms with Crippen LogP contribution >= 0.6 is 12.6 Å². The van der Waals surface area contributed by atoms with Crippen LogP contribution in [0.5, 0.6) is 0 Å². The number of carbonyl (C=O) groups is 5. The molecule has 14 heteroatoms. The van der Waals surface area contributed by atoms with E-state index in [0.29, 0.717) is 11.3 Å². The van der Waals surface area contributed by atoms with Crippen LogP contribution < -0.4 is 21.7 Å². The van der Waals surface area contributed by atoms with Crippen molar-refractivity contribution < 1.29 is 34.2 Å². The Morgan fingerprint density at radius 2 is 1.53 bits per heavy atom. The molecule has 0 aliphatic heterocycles. The molecule has 194 valence electrons. The highest BCUT2D eigenvalue weighted by Crippen LogP contribution is 2.06. The molecule has 0 aliphatic rings. The Kier molecular flexibility index (Phi) is 10.9. The lowest BCUT2D eigenvalue weighted by atomic mass is 10.0. The number of amides is 3. The number of rotatable bonds is 14. The van der Waals surface area contributed by atoms with Gasteiger partial charge in [-0.15, -0.1) is 0 Å². The summed E-state index contributed by atoms with van der Waals surface area (Å²) < 4.78 is 0. The number of aromatic nitrogens is 2. The van der Waals surface area contributed by atoms with Crippen molar-refractivity contribution in [3.8, 4) is 0 Å². The van der Waals surface area contributed by atoms with Crippen LogP contribution in [0.1, 0.15) is 17.7 Å². The Morgan fingerprint density at radius 1 is 0.917 bits per heavy atom. The number of carboxylic acids is 2. The lowest BCUT2D eigenvalue weighted by Crippen LogP contribution is -2.58. The lowest BCUT2D eigenvalue weighted by Gasteiger charge is -2.24. The number of hydrogen-bond donors (Lipinski definition) is 8. The maximum atomic E-state index is 13.1. The predicted octanol–water partition coefficient (Wildman–Crippen LogP) is -1.53. The minimum absolute atomic E-state index is 0.0188. The molecule has 0 saturated heterocycles. The standard InChI is InChI=1S/C22H28N6O7S/c23-14(7-13-9-24-11-25-13)19(31)26-15(6-12-4-2-1-3-5-12)20(32)27-16(8-18(29)30)21(33)28-17(10-36)22(34)35/h1-5,9,11,14-17,36H,6-8,10,23H2,(H,24,25)(H,26,31)(H,27,32)(H,28,33)(H,29,30)(H,34,35). The number of carbonyl (C=O) groups excluding carboxylic acids is 3.